The van der Waals surface area contributed by atoms with Crippen molar-refractivity contribution in [1.29, 1.82) is 0 Å². The average Bonchev–Trinajstić information content (AvgIpc) is 2.78. The van der Waals surface area contributed by atoms with Gasteiger partial charge in [-0.25, -0.2) is 9.18 Å². The Hall–Kier alpha value is -3.00. The van der Waals surface area contributed by atoms with Crippen LogP contribution in [0.2, 0.25) is 0 Å². The Morgan fingerprint density at radius 3 is 2.42 bits per heavy atom. The number of Topliss-reactive ketones (excluding diaryl/α,β-unsaturated/α-hetero) is 1. The predicted molar refractivity (Wildman–Crippen MR) is 107 cm³/mol. The zero-order valence-corrected chi connectivity index (χ0v) is 17.1. The maximum Gasteiger partial charge on any atom is 0.410 e. The number of piperidine rings is 1. The minimum atomic E-state index is -1.13. The van der Waals surface area contributed by atoms with Gasteiger partial charge >= 0.3 is 6.09 Å². The fourth-order valence-corrected chi connectivity index (χ4v) is 4.31. The fourth-order valence-electron chi connectivity index (χ4n) is 4.31. The van der Waals surface area contributed by atoms with Gasteiger partial charge in [0, 0.05) is 11.5 Å². The van der Waals surface area contributed by atoms with Crippen LogP contribution in [0.5, 0.6) is 5.75 Å². The van der Waals surface area contributed by atoms with Crippen molar-refractivity contribution >= 4 is 11.9 Å². The second-order valence-electron chi connectivity index (χ2n) is 7.80. The van der Waals surface area contributed by atoms with Crippen molar-refractivity contribution in [2.75, 3.05) is 20.3 Å². The molecule has 2 saturated heterocycles. The summed E-state index contributed by atoms with van der Waals surface area (Å²) in [6.07, 6.45) is 0.274. The van der Waals surface area contributed by atoms with E-state index in [0.717, 1.165) is 11.6 Å². The van der Waals surface area contributed by atoms with Gasteiger partial charge in [0.15, 0.2) is 17.3 Å². The first-order valence-corrected chi connectivity index (χ1v) is 10.1. The quantitative estimate of drug-likeness (QED) is 0.671. The lowest BCUT2D eigenvalue weighted by molar-refractivity contribution is -0.0755. The van der Waals surface area contributed by atoms with E-state index >= 15 is 0 Å². The number of halogens is 2. The lowest BCUT2D eigenvalue weighted by Crippen LogP contribution is -2.59. The van der Waals surface area contributed by atoms with Gasteiger partial charge in [0.1, 0.15) is 6.61 Å². The number of morpholine rings is 1. The van der Waals surface area contributed by atoms with E-state index in [1.165, 1.54) is 13.2 Å². The Balaban J connectivity index is 1.46. The number of fused-ring (bicyclic) bond motifs is 2. The average molecular weight is 431 g/mol. The molecule has 2 aromatic rings. The van der Waals surface area contributed by atoms with Crippen molar-refractivity contribution in [3.8, 4) is 5.75 Å². The van der Waals surface area contributed by atoms with Crippen LogP contribution in [0.25, 0.3) is 0 Å². The molecule has 2 aliphatic rings. The first kappa shape index (κ1) is 21.2. The molecule has 0 saturated carbocycles. The van der Waals surface area contributed by atoms with Crippen LogP contribution in [0.15, 0.2) is 42.5 Å². The minimum Gasteiger partial charge on any atom is -0.494 e. The second-order valence-corrected chi connectivity index (χ2v) is 7.80. The molecule has 0 aromatic heterocycles. The molecule has 1 amide bonds. The third-order valence-electron chi connectivity index (χ3n) is 5.81. The third kappa shape index (κ3) is 4.39. The highest BCUT2D eigenvalue weighted by Crippen LogP contribution is 2.35. The molecule has 0 aliphatic carbocycles. The van der Waals surface area contributed by atoms with Crippen molar-refractivity contribution in [2.24, 2.45) is 5.92 Å². The summed E-state index contributed by atoms with van der Waals surface area (Å²) in [7, 11) is 1.22. The van der Waals surface area contributed by atoms with E-state index in [9.17, 15) is 18.4 Å². The van der Waals surface area contributed by atoms with Gasteiger partial charge in [-0.2, -0.15) is 4.39 Å². The standard InChI is InChI=1S/C23H23F2NO5/c1-29-20-10-16(9-19(24)21(20)25)22(27)15-7-17-12-30-13-18(8-15)26(17)23(28)31-11-14-5-3-2-4-6-14/h2-6,9-10,15,17-18H,7-8,11-13H2,1H3. The molecule has 2 atom stereocenters. The summed E-state index contributed by atoms with van der Waals surface area (Å²) in [4.78, 5) is 27.4. The number of amides is 1. The lowest BCUT2D eigenvalue weighted by Gasteiger charge is -2.47. The van der Waals surface area contributed by atoms with Gasteiger partial charge in [0.2, 0.25) is 5.82 Å². The van der Waals surface area contributed by atoms with E-state index in [4.69, 9.17) is 14.2 Å². The Morgan fingerprint density at radius 2 is 1.77 bits per heavy atom. The molecular formula is C23H23F2NO5. The summed E-state index contributed by atoms with van der Waals surface area (Å²) in [5, 5.41) is 0. The number of nitrogens with zero attached hydrogens (tertiary/aromatic N) is 1. The smallest absolute Gasteiger partial charge is 0.410 e. The van der Waals surface area contributed by atoms with E-state index in [1.54, 1.807) is 4.90 Å². The molecule has 2 fully saturated rings. The highest BCUT2D eigenvalue weighted by molar-refractivity contribution is 5.98. The molecule has 164 valence electrons. The number of carbonyl (C=O) groups excluding carboxylic acids is 2. The Kier molecular flexibility index (Phi) is 6.18. The monoisotopic (exact) mass is 431 g/mol. The second kappa shape index (κ2) is 9.01. The molecule has 8 heteroatoms. The maximum atomic E-state index is 13.9. The molecule has 2 heterocycles. The maximum absolute atomic E-state index is 13.9. The Morgan fingerprint density at radius 1 is 1.10 bits per heavy atom. The van der Waals surface area contributed by atoms with Crippen LogP contribution in [-0.2, 0) is 16.1 Å². The normalized spacial score (nSPS) is 22.7. The van der Waals surface area contributed by atoms with Crippen molar-refractivity contribution in [3.05, 3.63) is 65.2 Å². The van der Waals surface area contributed by atoms with Crippen LogP contribution in [0.4, 0.5) is 13.6 Å². The lowest BCUT2D eigenvalue weighted by atomic mass is 9.81. The zero-order chi connectivity index (χ0) is 22.0. The molecule has 31 heavy (non-hydrogen) atoms. The largest absolute Gasteiger partial charge is 0.494 e. The molecule has 0 spiro atoms. The van der Waals surface area contributed by atoms with Gasteiger partial charge in [-0.05, 0) is 30.5 Å². The van der Waals surface area contributed by atoms with Crippen LogP contribution >= 0.6 is 0 Å². The zero-order valence-electron chi connectivity index (χ0n) is 17.1. The number of hydrogen-bond donors (Lipinski definition) is 0. The highest BCUT2D eigenvalue weighted by Gasteiger charge is 2.44. The molecule has 2 aromatic carbocycles. The van der Waals surface area contributed by atoms with Gasteiger partial charge in [-0.1, -0.05) is 30.3 Å². The molecule has 2 bridgehead atoms. The van der Waals surface area contributed by atoms with Gasteiger partial charge in [0.05, 0.1) is 32.4 Å². The molecule has 2 aliphatic heterocycles. The topological polar surface area (TPSA) is 65.1 Å². The number of rotatable bonds is 5. The number of benzene rings is 2. The number of carbonyl (C=O) groups is 2. The van der Waals surface area contributed by atoms with Crippen molar-refractivity contribution in [1.82, 2.24) is 4.90 Å². The first-order chi connectivity index (χ1) is 15.0. The van der Waals surface area contributed by atoms with Crippen molar-refractivity contribution in [3.63, 3.8) is 0 Å². The Bertz CT molecular complexity index is 954. The van der Waals surface area contributed by atoms with Crippen LogP contribution < -0.4 is 4.74 Å². The van der Waals surface area contributed by atoms with E-state index in [1.807, 2.05) is 30.3 Å². The highest BCUT2D eigenvalue weighted by atomic mass is 19.2. The summed E-state index contributed by atoms with van der Waals surface area (Å²) in [6.45, 7) is 0.747. The van der Waals surface area contributed by atoms with Gasteiger partial charge < -0.3 is 14.2 Å². The van der Waals surface area contributed by atoms with Crippen molar-refractivity contribution in [2.45, 2.75) is 31.5 Å². The summed E-state index contributed by atoms with van der Waals surface area (Å²) >= 11 is 0. The number of ether oxygens (including phenoxy) is 3. The van der Waals surface area contributed by atoms with Crippen LogP contribution in [0.1, 0.15) is 28.8 Å². The van der Waals surface area contributed by atoms with E-state index < -0.39 is 23.6 Å². The van der Waals surface area contributed by atoms with E-state index in [-0.39, 0.29) is 35.8 Å². The molecule has 2 unspecified atom stereocenters. The van der Waals surface area contributed by atoms with E-state index in [0.29, 0.717) is 26.1 Å². The summed E-state index contributed by atoms with van der Waals surface area (Å²) < 4.78 is 43.5. The first-order valence-electron chi connectivity index (χ1n) is 10.1. The van der Waals surface area contributed by atoms with Gasteiger partial charge in [-0.15, -0.1) is 0 Å². The fraction of sp³-hybridized carbons (Fsp3) is 0.391. The van der Waals surface area contributed by atoms with E-state index in [2.05, 4.69) is 0 Å². The third-order valence-corrected chi connectivity index (χ3v) is 5.81. The number of hydrogen-bond acceptors (Lipinski definition) is 5. The predicted octanol–water partition coefficient (Wildman–Crippen LogP) is 3.97. The molecular weight excluding hydrogens is 408 g/mol. The summed E-state index contributed by atoms with van der Waals surface area (Å²) in [5.74, 6) is -3.31. The molecule has 6 nitrogen and oxygen atoms in total. The SMILES string of the molecule is COc1cc(C(=O)C2CC3COCC(C2)N3C(=O)OCc2ccccc2)cc(F)c1F. The van der Waals surface area contributed by atoms with Crippen LogP contribution in [0, 0.1) is 17.6 Å². The summed E-state index contributed by atoms with van der Waals surface area (Å²) in [6, 6.07) is 10.8. The number of ketones is 1. The number of methoxy groups -OCH3 is 1. The Labute approximate surface area is 178 Å². The molecule has 4 rings (SSSR count). The van der Waals surface area contributed by atoms with Gasteiger partial charge in [-0.3, -0.25) is 9.69 Å². The molecule has 0 radical (unpaired) electrons. The van der Waals surface area contributed by atoms with Crippen LogP contribution in [-0.4, -0.2) is 49.2 Å². The minimum absolute atomic E-state index is 0.0554. The van der Waals surface area contributed by atoms with Crippen molar-refractivity contribution < 1.29 is 32.6 Å². The van der Waals surface area contributed by atoms with Gasteiger partial charge in [0.25, 0.3) is 0 Å². The van der Waals surface area contributed by atoms with Crippen LogP contribution in [0.3, 0.4) is 0 Å². The summed E-state index contributed by atoms with van der Waals surface area (Å²) in [5.41, 5.74) is 0.939. The molecule has 0 N–H and O–H groups in total.